The molecule has 132 valence electrons. The molecule has 0 bridgehead atoms. The molecule has 1 aliphatic rings. The number of rotatable bonds is 7. The van der Waals surface area contributed by atoms with Crippen molar-refractivity contribution in [2.24, 2.45) is 17.6 Å². The molecule has 0 spiro atoms. The minimum atomic E-state index is -3.41. The molecular formula is C16H27ClN2O3S. The SMILES string of the molecule is CC(C)CCOc1ccc(S(=O)(=O)N2CCC(CN)C2)cc1.Cl. The van der Waals surface area contributed by atoms with Crippen LogP contribution < -0.4 is 10.5 Å². The zero-order chi connectivity index (χ0) is 16.2. The summed E-state index contributed by atoms with van der Waals surface area (Å²) in [6.07, 6.45) is 1.82. The number of nitrogens with zero attached hydrogens (tertiary/aromatic N) is 1. The zero-order valence-electron chi connectivity index (χ0n) is 13.8. The number of sulfonamides is 1. The third-order valence-electron chi connectivity index (χ3n) is 4.01. The smallest absolute Gasteiger partial charge is 0.243 e. The van der Waals surface area contributed by atoms with E-state index in [1.165, 1.54) is 4.31 Å². The summed E-state index contributed by atoms with van der Waals surface area (Å²) in [5, 5.41) is 0. The molecule has 7 heteroatoms. The summed E-state index contributed by atoms with van der Waals surface area (Å²) in [5.74, 6) is 1.57. The van der Waals surface area contributed by atoms with Crippen LogP contribution in [-0.4, -0.2) is 39.0 Å². The van der Waals surface area contributed by atoms with Crippen LogP contribution in [0.2, 0.25) is 0 Å². The fourth-order valence-corrected chi connectivity index (χ4v) is 4.01. The molecule has 1 aliphatic heterocycles. The molecule has 0 amide bonds. The van der Waals surface area contributed by atoms with Gasteiger partial charge in [0.15, 0.2) is 0 Å². The van der Waals surface area contributed by atoms with E-state index in [9.17, 15) is 8.42 Å². The number of halogens is 1. The van der Waals surface area contributed by atoms with E-state index in [0.29, 0.717) is 42.8 Å². The van der Waals surface area contributed by atoms with Crippen LogP contribution in [-0.2, 0) is 10.0 Å². The van der Waals surface area contributed by atoms with Gasteiger partial charge in [0.05, 0.1) is 11.5 Å². The van der Waals surface area contributed by atoms with E-state index in [-0.39, 0.29) is 18.3 Å². The van der Waals surface area contributed by atoms with Gasteiger partial charge in [-0.2, -0.15) is 4.31 Å². The number of hydrogen-bond acceptors (Lipinski definition) is 4. The van der Waals surface area contributed by atoms with Crippen molar-refractivity contribution in [3.63, 3.8) is 0 Å². The molecule has 1 saturated heterocycles. The Hall–Kier alpha value is -0.820. The van der Waals surface area contributed by atoms with Gasteiger partial charge >= 0.3 is 0 Å². The fraction of sp³-hybridized carbons (Fsp3) is 0.625. The summed E-state index contributed by atoms with van der Waals surface area (Å²) in [4.78, 5) is 0.321. The lowest BCUT2D eigenvalue weighted by atomic mass is 10.1. The molecule has 23 heavy (non-hydrogen) atoms. The van der Waals surface area contributed by atoms with E-state index >= 15 is 0 Å². The molecule has 1 aromatic carbocycles. The topological polar surface area (TPSA) is 72.6 Å². The van der Waals surface area contributed by atoms with E-state index in [4.69, 9.17) is 10.5 Å². The molecule has 1 fully saturated rings. The van der Waals surface area contributed by atoms with Crippen LogP contribution in [0, 0.1) is 11.8 Å². The molecule has 0 saturated carbocycles. The Kier molecular flexibility index (Phi) is 7.80. The third-order valence-corrected chi connectivity index (χ3v) is 5.89. The predicted octanol–water partition coefficient (Wildman–Crippen LogP) is 2.50. The molecular weight excluding hydrogens is 336 g/mol. The minimum Gasteiger partial charge on any atom is -0.494 e. The van der Waals surface area contributed by atoms with Crippen LogP contribution in [0.15, 0.2) is 29.2 Å². The van der Waals surface area contributed by atoms with Gasteiger partial charge in [-0.25, -0.2) is 8.42 Å². The Morgan fingerprint density at radius 1 is 1.30 bits per heavy atom. The molecule has 0 aliphatic carbocycles. The summed E-state index contributed by atoms with van der Waals surface area (Å²) >= 11 is 0. The number of nitrogens with two attached hydrogens (primary N) is 1. The lowest BCUT2D eigenvalue weighted by Gasteiger charge is -2.16. The van der Waals surface area contributed by atoms with Gasteiger partial charge in [-0.3, -0.25) is 0 Å². The van der Waals surface area contributed by atoms with Gasteiger partial charge in [-0.1, -0.05) is 13.8 Å². The third kappa shape index (κ3) is 5.35. The van der Waals surface area contributed by atoms with Crippen LogP contribution in [0.5, 0.6) is 5.75 Å². The Labute approximate surface area is 145 Å². The molecule has 1 aromatic rings. The molecule has 2 rings (SSSR count). The van der Waals surface area contributed by atoms with Crippen LogP contribution >= 0.6 is 12.4 Å². The first-order valence-corrected chi connectivity index (χ1v) is 9.30. The van der Waals surface area contributed by atoms with E-state index in [2.05, 4.69) is 13.8 Å². The molecule has 1 heterocycles. The second kappa shape index (κ2) is 8.87. The maximum atomic E-state index is 12.6. The van der Waals surface area contributed by atoms with Crippen molar-refractivity contribution < 1.29 is 13.2 Å². The maximum absolute atomic E-state index is 12.6. The molecule has 2 N–H and O–H groups in total. The van der Waals surface area contributed by atoms with Crippen molar-refractivity contribution in [2.75, 3.05) is 26.2 Å². The highest BCUT2D eigenvalue weighted by Gasteiger charge is 2.31. The van der Waals surface area contributed by atoms with Crippen molar-refractivity contribution in [3.05, 3.63) is 24.3 Å². The Balaban J connectivity index is 0.00000264. The highest BCUT2D eigenvalue weighted by molar-refractivity contribution is 7.89. The highest BCUT2D eigenvalue weighted by Crippen LogP contribution is 2.25. The van der Waals surface area contributed by atoms with Crippen molar-refractivity contribution in [1.29, 1.82) is 0 Å². The molecule has 5 nitrogen and oxygen atoms in total. The molecule has 0 aromatic heterocycles. The maximum Gasteiger partial charge on any atom is 0.243 e. The predicted molar refractivity (Wildman–Crippen MR) is 94.6 cm³/mol. The van der Waals surface area contributed by atoms with Gasteiger partial charge in [-0.05, 0) is 55.5 Å². The van der Waals surface area contributed by atoms with Gasteiger partial charge in [-0.15, -0.1) is 12.4 Å². The largest absolute Gasteiger partial charge is 0.494 e. The van der Waals surface area contributed by atoms with Gasteiger partial charge in [0.25, 0.3) is 0 Å². The zero-order valence-corrected chi connectivity index (χ0v) is 15.4. The van der Waals surface area contributed by atoms with Crippen LogP contribution in [0.25, 0.3) is 0 Å². The van der Waals surface area contributed by atoms with E-state index in [1.807, 2.05) is 0 Å². The monoisotopic (exact) mass is 362 g/mol. The second-order valence-electron chi connectivity index (χ2n) is 6.26. The molecule has 1 atom stereocenters. The van der Waals surface area contributed by atoms with Crippen LogP contribution in [0.3, 0.4) is 0 Å². The number of benzene rings is 1. The van der Waals surface area contributed by atoms with Crippen LogP contribution in [0.4, 0.5) is 0 Å². The second-order valence-corrected chi connectivity index (χ2v) is 8.19. The lowest BCUT2D eigenvalue weighted by Crippen LogP contribution is -2.30. The normalized spacial score (nSPS) is 18.9. The summed E-state index contributed by atoms with van der Waals surface area (Å²) in [7, 11) is -3.41. The Morgan fingerprint density at radius 3 is 2.48 bits per heavy atom. The standard InChI is InChI=1S/C16H26N2O3S.ClH/c1-13(2)8-10-21-15-3-5-16(6-4-15)22(19,20)18-9-7-14(11-17)12-18;/h3-6,13-14H,7-12,17H2,1-2H3;1H. The highest BCUT2D eigenvalue weighted by atomic mass is 35.5. The summed E-state index contributed by atoms with van der Waals surface area (Å²) in [6.45, 7) is 6.54. The van der Waals surface area contributed by atoms with Gasteiger partial charge < -0.3 is 10.5 Å². The fourth-order valence-electron chi connectivity index (χ4n) is 2.48. The lowest BCUT2D eigenvalue weighted by molar-refractivity contribution is 0.289. The average molecular weight is 363 g/mol. The summed E-state index contributed by atoms with van der Waals surface area (Å²) in [6, 6.07) is 6.69. The van der Waals surface area contributed by atoms with Crippen molar-refractivity contribution >= 4 is 22.4 Å². The number of hydrogen-bond donors (Lipinski definition) is 1. The Bertz CT molecular complexity index is 575. The van der Waals surface area contributed by atoms with Crippen LogP contribution in [0.1, 0.15) is 26.7 Å². The van der Waals surface area contributed by atoms with E-state index < -0.39 is 10.0 Å². The average Bonchev–Trinajstić information content (AvgIpc) is 2.97. The first-order chi connectivity index (χ1) is 10.4. The molecule has 1 unspecified atom stereocenters. The first-order valence-electron chi connectivity index (χ1n) is 7.86. The summed E-state index contributed by atoms with van der Waals surface area (Å²) < 4.78 is 32.3. The number of ether oxygens (including phenoxy) is 1. The quantitative estimate of drug-likeness (QED) is 0.808. The van der Waals surface area contributed by atoms with Crippen molar-refractivity contribution in [2.45, 2.75) is 31.6 Å². The van der Waals surface area contributed by atoms with Gasteiger partial charge in [0.2, 0.25) is 10.0 Å². The van der Waals surface area contributed by atoms with E-state index in [0.717, 1.165) is 12.8 Å². The first kappa shape index (κ1) is 20.2. The van der Waals surface area contributed by atoms with Crippen molar-refractivity contribution in [3.8, 4) is 5.75 Å². The molecule has 0 radical (unpaired) electrons. The van der Waals surface area contributed by atoms with E-state index in [1.54, 1.807) is 24.3 Å². The van der Waals surface area contributed by atoms with Gasteiger partial charge in [0.1, 0.15) is 5.75 Å². The minimum absolute atomic E-state index is 0. The van der Waals surface area contributed by atoms with Crippen molar-refractivity contribution in [1.82, 2.24) is 4.31 Å². The Morgan fingerprint density at radius 2 is 1.96 bits per heavy atom. The summed E-state index contributed by atoms with van der Waals surface area (Å²) in [5.41, 5.74) is 5.63. The van der Waals surface area contributed by atoms with Gasteiger partial charge in [0, 0.05) is 13.1 Å².